The highest BCUT2D eigenvalue weighted by Crippen LogP contribution is 2.31. The Kier molecular flexibility index (Phi) is 3.26. The van der Waals surface area contributed by atoms with Gasteiger partial charge in [0.05, 0.1) is 18.1 Å². The fraction of sp³-hybridized carbons (Fsp3) is 0.231. The lowest BCUT2D eigenvalue weighted by Gasteiger charge is -2.26. The van der Waals surface area contributed by atoms with Crippen LogP contribution in [-0.4, -0.2) is 43.1 Å². The Morgan fingerprint density at radius 3 is 2.57 bits per heavy atom. The van der Waals surface area contributed by atoms with Gasteiger partial charge in [-0.25, -0.2) is 13.2 Å². The van der Waals surface area contributed by atoms with Crippen LogP contribution in [0.2, 0.25) is 0 Å². The number of rotatable bonds is 4. The number of ether oxygens (including phenoxy) is 1. The quantitative estimate of drug-likeness (QED) is 0.904. The molecule has 0 saturated carbocycles. The molecule has 0 radical (unpaired) electrons. The molecule has 1 aliphatic rings. The Morgan fingerprint density at radius 2 is 2.00 bits per heavy atom. The molecule has 1 aromatic heterocycles. The van der Waals surface area contributed by atoms with E-state index in [4.69, 9.17) is 14.4 Å². The molecule has 110 valence electrons. The summed E-state index contributed by atoms with van der Waals surface area (Å²) in [5.74, 6) is -1.13. The van der Waals surface area contributed by atoms with Crippen LogP contribution in [0.3, 0.4) is 0 Å². The third-order valence-corrected chi connectivity index (χ3v) is 5.35. The van der Waals surface area contributed by atoms with Gasteiger partial charge in [0.25, 0.3) is 0 Å². The second-order valence-corrected chi connectivity index (χ2v) is 6.78. The van der Waals surface area contributed by atoms with E-state index in [0.29, 0.717) is 5.56 Å². The summed E-state index contributed by atoms with van der Waals surface area (Å²) in [4.78, 5) is 10.9. The number of nitrogens with zero attached hydrogens (tertiary/aromatic N) is 1. The molecule has 1 fully saturated rings. The van der Waals surface area contributed by atoms with Gasteiger partial charge in [-0.2, -0.15) is 0 Å². The molecule has 21 heavy (non-hydrogen) atoms. The molecule has 1 saturated heterocycles. The maximum Gasteiger partial charge on any atom is 0.358 e. The largest absolute Gasteiger partial charge is 0.476 e. The third-order valence-electron chi connectivity index (χ3n) is 3.23. The monoisotopic (exact) mass is 309 g/mol. The summed E-state index contributed by atoms with van der Waals surface area (Å²) in [7, 11) is -3.55. The highest BCUT2D eigenvalue weighted by atomic mass is 32.2. The Morgan fingerprint density at radius 1 is 1.29 bits per heavy atom. The first-order valence-corrected chi connectivity index (χ1v) is 7.66. The van der Waals surface area contributed by atoms with E-state index in [9.17, 15) is 13.2 Å². The van der Waals surface area contributed by atoms with E-state index < -0.39 is 21.1 Å². The first-order valence-electron chi connectivity index (χ1n) is 6.11. The van der Waals surface area contributed by atoms with Gasteiger partial charge in [-0.3, -0.25) is 0 Å². The summed E-state index contributed by atoms with van der Waals surface area (Å²) < 4.78 is 34.9. The van der Waals surface area contributed by atoms with Gasteiger partial charge in [0.2, 0.25) is 0 Å². The van der Waals surface area contributed by atoms with E-state index in [1.807, 2.05) is 0 Å². The van der Waals surface area contributed by atoms with Gasteiger partial charge in [-0.1, -0.05) is 17.3 Å². The van der Waals surface area contributed by atoms with E-state index in [1.165, 1.54) is 12.1 Å². The Balaban J connectivity index is 2.09. The summed E-state index contributed by atoms with van der Waals surface area (Å²) in [6.07, 6.45) is 0. The smallest absolute Gasteiger partial charge is 0.358 e. The number of aromatic nitrogens is 1. The van der Waals surface area contributed by atoms with Crippen molar-refractivity contribution in [3.05, 3.63) is 36.0 Å². The molecule has 2 aromatic rings. The van der Waals surface area contributed by atoms with Gasteiger partial charge in [0.15, 0.2) is 21.3 Å². The van der Waals surface area contributed by atoms with Crippen LogP contribution in [0.4, 0.5) is 0 Å². The zero-order chi connectivity index (χ0) is 15.0. The molecule has 3 rings (SSSR count). The fourth-order valence-electron chi connectivity index (χ4n) is 1.99. The van der Waals surface area contributed by atoms with E-state index in [2.05, 4.69) is 5.16 Å². The molecule has 1 aliphatic heterocycles. The molecule has 7 nitrogen and oxygen atoms in total. The molecule has 8 heteroatoms. The second-order valence-electron chi connectivity index (χ2n) is 4.58. The van der Waals surface area contributed by atoms with Gasteiger partial charge in [-0.05, 0) is 12.1 Å². The molecule has 0 spiro atoms. The first kappa shape index (κ1) is 13.8. The predicted octanol–water partition coefficient (Wildman–Crippen LogP) is 1.21. The van der Waals surface area contributed by atoms with E-state index in [1.54, 1.807) is 18.2 Å². The van der Waals surface area contributed by atoms with Crippen molar-refractivity contribution in [2.45, 2.75) is 10.1 Å². The molecule has 0 aliphatic carbocycles. The minimum Gasteiger partial charge on any atom is -0.476 e. The van der Waals surface area contributed by atoms with Crippen molar-refractivity contribution in [2.75, 3.05) is 13.2 Å². The minimum absolute atomic E-state index is 0.0892. The molecule has 1 N–H and O–H groups in total. The minimum atomic E-state index is -3.55. The average Bonchev–Trinajstić information content (AvgIpc) is 2.85. The highest BCUT2D eigenvalue weighted by Gasteiger charge is 2.36. The van der Waals surface area contributed by atoms with Crippen molar-refractivity contribution in [2.24, 2.45) is 0 Å². The predicted molar refractivity (Wildman–Crippen MR) is 70.7 cm³/mol. The zero-order valence-corrected chi connectivity index (χ0v) is 11.5. The highest BCUT2D eigenvalue weighted by molar-refractivity contribution is 7.92. The molecular weight excluding hydrogens is 298 g/mol. The summed E-state index contributed by atoms with van der Waals surface area (Å²) in [6.45, 7) is 0.320. The van der Waals surface area contributed by atoms with Crippen molar-refractivity contribution in [1.82, 2.24) is 5.16 Å². The Labute approximate surface area is 120 Å². The van der Waals surface area contributed by atoms with Crippen LogP contribution in [0.5, 0.6) is 0 Å². The summed E-state index contributed by atoms with van der Waals surface area (Å²) in [5, 5.41) is 11.7. The number of hydrogen-bond donors (Lipinski definition) is 1. The van der Waals surface area contributed by atoms with Crippen LogP contribution in [0.1, 0.15) is 10.5 Å². The number of benzene rings is 1. The maximum absolute atomic E-state index is 12.5. The summed E-state index contributed by atoms with van der Waals surface area (Å²) >= 11 is 0. The average molecular weight is 309 g/mol. The van der Waals surface area contributed by atoms with Gasteiger partial charge >= 0.3 is 5.97 Å². The standard InChI is InChI=1S/C13H11NO6S/c15-13(16)10-5-11(20-14-10)9-3-1-2-4-12(9)21(17,18)8-6-19-7-8/h1-5,8H,6-7H2,(H,15,16). The second kappa shape index (κ2) is 4.97. The van der Waals surface area contributed by atoms with Crippen LogP contribution in [0, 0.1) is 0 Å². The normalized spacial score (nSPS) is 15.6. The fourth-order valence-corrected chi connectivity index (χ4v) is 3.65. The van der Waals surface area contributed by atoms with Gasteiger partial charge < -0.3 is 14.4 Å². The van der Waals surface area contributed by atoms with Crippen LogP contribution in [0.15, 0.2) is 39.8 Å². The van der Waals surface area contributed by atoms with Crippen molar-refractivity contribution in [1.29, 1.82) is 0 Å². The lowest BCUT2D eigenvalue weighted by atomic mass is 10.1. The SMILES string of the molecule is O=C(O)c1cc(-c2ccccc2S(=O)(=O)C2COC2)on1. The lowest BCUT2D eigenvalue weighted by Crippen LogP contribution is -2.40. The molecule has 0 amide bonds. The van der Waals surface area contributed by atoms with Crippen LogP contribution < -0.4 is 0 Å². The lowest BCUT2D eigenvalue weighted by molar-refractivity contribution is 0.0416. The van der Waals surface area contributed by atoms with Crippen LogP contribution in [0.25, 0.3) is 11.3 Å². The van der Waals surface area contributed by atoms with E-state index in [0.717, 1.165) is 0 Å². The molecule has 0 atom stereocenters. The molecule has 0 bridgehead atoms. The summed E-state index contributed by atoms with van der Waals surface area (Å²) in [5.41, 5.74) is 0.0218. The van der Waals surface area contributed by atoms with Crippen LogP contribution in [-0.2, 0) is 14.6 Å². The van der Waals surface area contributed by atoms with E-state index >= 15 is 0 Å². The maximum atomic E-state index is 12.5. The van der Waals surface area contributed by atoms with Crippen molar-refractivity contribution in [3.8, 4) is 11.3 Å². The number of carbonyl (C=O) groups is 1. The Hall–Kier alpha value is -2.19. The Bertz CT molecular complexity index is 790. The van der Waals surface area contributed by atoms with Crippen molar-refractivity contribution < 1.29 is 27.6 Å². The molecule has 1 aromatic carbocycles. The van der Waals surface area contributed by atoms with Crippen LogP contribution >= 0.6 is 0 Å². The van der Waals surface area contributed by atoms with Crippen molar-refractivity contribution >= 4 is 15.8 Å². The van der Waals surface area contributed by atoms with E-state index in [-0.39, 0.29) is 29.6 Å². The number of hydrogen-bond acceptors (Lipinski definition) is 6. The molecule has 2 heterocycles. The number of aromatic carboxylic acids is 1. The third kappa shape index (κ3) is 2.32. The van der Waals surface area contributed by atoms with Gasteiger partial charge in [0, 0.05) is 11.6 Å². The van der Waals surface area contributed by atoms with Crippen molar-refractivity contribution in [3.63, 3.8) is 0 Å². The zero-order valence-electron chi connectivity index (χ0n) is 10.7. The first-order chi connectivity index (χ1) is 10.00. The summed E-state index contributed by atoms with van der Waals surface area (Å²) in [6, 6.07) is 7.47. The van der Waals surface area contributed by atoms with Gasteiger partial charge in [-0.15, -0.1) is 0 Å². The topological polar surface area (TPSA) is 107 Å². The molecular formula is C13H11NO6S. The number of sulfone groups is 1. The molecule has 0 unspecified atom stereocenters. The van der Waals surface area contributed by atoms with Gasteiger partial charge in [0.1, 0.15) is 5.25 Å². The number of carboxylic acid groups (broad SMARTS) is 1. The number of carboxylic acids is 1.